The predicted octanol–water partition coefficient (Wildman–Crippen LogP) is 5.62. The summed E-state index contributed by atoms with van der Waals surface area (Å²) in [5.74, 6) is 6.46. The molecule has 38 heavy (non-hydrogen) atoms. The zero-order chi connectivity index (χ0) is 28.5. The molecule has 0 saturated heterocycles. The second-order valence-corrected chi connectivity index (χ2v) is 11.4. The highest BCUT2D eigenvalue weighted by atomic mass is 16.1. The van der Waals surface area contributed by atoms with Gasteiger partial charge in [-0.05, 0) is 105 Å². The SMILES string of the molecule is CCN(c1cc(C#CC(C)(C)C)cc(C(=O)NCc2c(C)cc(C)[nH]c2=O)c1C)C1CCCCC1.CNC. The fourth-order valence-corrected chi connectivity index (χ4v) is 4.95. The number of benzene rings is 1. The van der Waals surface area contributed by atoms with E-state index in [4.69, 9.17) is 0 Å². The smallest absolute Gasteiger partial charge is 0.253 e. The van der Waals surface area contributed by atoms with Crippen molar-refractivity contribution in [2.75, 3.05) is 25.5 Å². The first-order chi connectivity index (χ1) is 17.9. The maximum atomic E-state index is 13.4. The quantitative estimate of drug-likeness (QED) is 0.432. The summed E-state index contributed by atoms with van der Waals surface area (Å²) in [5.41, 5.74) is 5.52. The highest BCUT2D eigenvalue weighted by molar-refractivity contribution is 5.97. The van der Waals surface area contributed by atoms with Crippen LogP contribution in [-0.2, 0) is 6.54 Å². The van der Waals surface area contributed by atoms with Crippen LogP contribution in [0.3, 0.4) is 0 Å². The van der Waals surface area contributed by atoms with Crippen LogP contribution in [-0.4, -0.2) is 37.6 Å². The Labute approximate surface area is 230 Å². The van der Waals surface area contributed by atoms with E-state index >= 15 is 0 Å². The fraction of sp³-hybridized carbons (Fsp3) is 0.562. The van der Waals surface area contributed by atoms with E-state index < -0.39 is 0 Å². The van der Waals surface area contributed by atoms with Crippen LogP contribution in [0.5, 0.6) is 0 Å². The fourth-order valence-electron chi connectivity index (χ4n) is 4.95. The summed E-state index contributed by atoms with van der Waals surface area (Å²) in [5, 5.41) is 5.74. The first-order valence-corrected chi connectivity index (χ1v) is 13.9. The molecule has 1 heterocycles. The molecule has 6 heteroatoms. The van der Waals surface area contributed by atoms with Crippen molar-refractivity contribution in [3.05, 3.63) is 62.1 Å². The maximum absolute atomic E-state index is 13.4. The van der Waals surface area contributed by atoms with Gasteiger partial charge in [0.25, 0.3) is 11.5 Å². The molecule has 2 aromatic rings. The normalized spacial score (nSPS) is 13.6. The molecule has 1 saturated carbocycles. The molecule has 0 radical (unpaired) electrons. The van der Waals surface area contributed by atoms with E-state index in [-0.39, 0.29) is 23.4 Å². The van der Waals surface area contributed by atoms with Crippen LogP contribution in [0.25, 0.3) is 0 Å². The van der Waals surface area contributed by atoms with Crippen LogP contribution in [0.1, 0.15) is 98.1 Å². The van der Waals surface area contributed by atoms with Crippen molar-refractivity contribution in [2.45, 2.75) is 93.2 Å². The molecule has 0 unspecified atom stereocenters. The average molecular weight is 521 g/mol. The van der Waals surface area contributed by atoms with E-state index in [0.29, 0.717) is 17.2 Å². The molecule has 6 nitrogen and oxygen atoms in total. The number of H-pyrrole nitrogens is 1. The van der Waals surface area contributed by atoms with E-state index in [2.05, 4.69) is 66.1 Å². The van der Waals surface area contributed by atoms with Crippen molar-refractivity contribution in [2.24, 2.45) is 5.41 Å². The molecular formula is C32H48N4O2. The molecule has 1 aromatic heterocycles. The number of hydrogen-bond donors (Lipinski definition) is 3. The topological polar surface area (TPSA) is 77.2 Å². The largest absolute Gasteiger partial charge is 0.369 e. The Hall–Kier alpha value is -3.04. The van der Waals surface area contributed by atoms with Gasteiger partial charge >= 0.3 is 0 Å². The van der Waals surface area contributed by atoms with Crippen LogP contribution in [0, 0.1) is 38.0 Å². The molecule has 0 spiro atoms. The van der Waals surface area contributed by atoms with Crippen LogP contribution in [0.15, 0.2) is 23.0 Å². The lowest BCUT2D eigenvalue weighted by molar-refractivity contribution is 0.0950. The lowest BCUT2D eigenvalue weighted by Gasteiger charge is -2.37. The van der Waals surface area contributed by atoms with E-state index in [1.165, 1.54) is 32.1 Å². The average Bonchev–Trinajstić information content (AvgIpc) is 2.84. The number of aromatic amines is 1. The minimum absolute atomic E-state index is 0.134. The summed E-state index contributed by atoms with van der Waals surface area (Å²) >= 11 is 0. The lowest BCUT2D eigenvalue weighted by Crippen LogP contribution is -2.37. The van der Waals surface area contributed by atoms with Gasteiger partial charge in [-0.2, -0.15) is 0 Å². The number of nitrogens with zero attached hydrogens (tertiary/aromatic N) is 1. The van der Waals surface area contributed by atoms with Crippen molar-refractivity contribution < 1.29 is 4.79 Å². The molecule has 1 aromatic carbocycles. The van der Waals surface area contributed by atoms with E-state index in [1.807, 2.05) is 47.0 Å². The Bertz CT molecular complexity index is 1200. The third-order valence-electron chi connectivity index (χ3n) is 6.79. The lowest BCUT2D eigenvalue weighted by atomic mass is 9.92. The van der Waals surface area contributed by atoms with Gasteiger partial charge < -0.3 is 20.5 Å². The highest BCUT2D eigenvalue weighted by Gasteiger charge is 2.24. The van der Waals surface area contributed by atoms with Crippen molar-refractivity contribution in [1.29, 1.82) is 0 Å². The maximum Gasteiger partial charge on any atom is 0.253 e. The minimum atomic E-state index is -0.178. The standard InChI is InChI=1S/C30H41N3O2.C2H7N/c1-8-33(24-12-10-9-11-13-24)27-18-23(14-15-30(5,6)7)17-25(22(27)4)28(34)31-19-26-20(2)16-21(3)32-29(26)35;1-3-2/h16-18,24H,8-13,19H2,1-7H3,(H,31,34)(H,32,35);3H,1-2H3. The molecule has 1 fully saturated rings. The molecule has 1 aliphatic rings. The Morgan fingerprint density at radius 1 is 1.08 bits per heavy atom. The molecule has 208 valence electrons. The van der Waals surface area contributed by atoms with Crippen LogP contribution in [0.2, 0.25) is 0 Å². The zero-order valence-electron chi connectivity index (χ0n) is 25.0. The molecule has 1 aliphatic carbocycles. The van der Waals surface area contributed by atoms with Gasteiger partial charge in [0.15, 0.2) is 0 Å². The number of amides is 1. The first-order valence-electron chi connectivity index (χ1n) is 13.9. The number of carbonyl (C=O) groups is 1. The second-order valence-electron chi connectivity index (χ2n) is 11.4. The minimum Gasteiger partial charge on any atom is -0.369 e. The molecule has 3 N–H and O–H groups in total. The summed E-state index contributed by atoms with van der Waals surface area (Å²) < 4.78 is 0. The first kappa shape index (κ1) is 31.2. The van der Waals surface area contributed by atoms with Crippen molar-refractivity contribution in [3.63, 3.8) is 0 Å². The number of nitrogens with one attached hydrogen (secondary N) is 3. The number of hydrogen-bond acceptors (Lipinski definition) is 4. The van der Waals surface area contributed by atoms with Gasteiger partial charge in [0.2, 0.25) is 0 Å². The van der Waals surface area contributed by atoms with Crippen molar-refractivity contribution in [1.82, 2.24) is 15.6 Å². The predicted molar refractivity (Wildman–Crippen MR) is 160 cm³/mol. The van der Waals surface area contributed by atoms with Gasteiger partial charge in [-0.1, -0.05) is 31.1 Å². The Balaban J connectivity index is 0.00000161. The summed E-state index contributed by atoms with van der Waals surface area (Å²) in [6.45, 7) is 15.3. The molecule has 3 rings (SSSR count). The number of aromatic nitrogens is 1. The highest BCUT2D eigenvalue weighted by Crippen LogP contribution is 2.32. The Kier molecular flexibility index (Phi) is 11.7. The van der Waals surface area contributed by atoms with Crippen LogP contribution >= 0.6 is 0 Å². The van der Waals surface area contributed by atoms with E-state index in [9.17, 15) is 9.59 Å². The van der Waals surface area contributed by atoms with E-state index in [0.717, 1.165) is 34.6 Å². The van der Waals surface area contributed by atoms with Gasteiger partial charge in [-0.25, -0.2) is 0 Å². The van der Waals surface area contributed by atoms with E-state index in [1.54, 1.807) is 0 Å². The molecule has 0 atom stereocenters. The monoisotopic (exact) mass is 520 g/mol. The van der Waals surface area contributed by atoms with Gasteiger partial charge in [0.1, 0.15) is 0 Å². The molecule has 1 amide bonds. The van der Waals surface area contributed by atoms with Gasteiger partial charge in [0.05, 0.1) is 0 Å². The van der Waals surface area contributed by atoms with Gasteiger partial charge in [-0.3, -0.25) is 9.59 Å². The molecular weight excluding hydrogens is 472 g/mol. The van der Waals surface area contributed by atoms with Gasteiger partial charge in [0, 0.05) is 52.6 Å². The number of rotatable bonds is 6. The summed E-state index contributed by atoms with van der Waals surface area (Å²) in [4.78, 5) is 31.2. The molecule has 0 bridgehead atoms. The van der Waals surface area contributed by atoms with Crippen LogP contribution < -0.4 is 21.1 Å². The Morgan fingerprint density at radius 3 is 2.26 bits per heavy atom. The van der Waals surface area contributed by atoms with Crippen LogP contribution in [0.4, 0.5) is 5.69 Å². The number of anilines is 1. The number of carbonyl (C=O) groups excluding carboxylic acids is 1. The van der Waals surface area contributed by atoms with Crippen molar-refractivity contribution in [3.8, 4) is 11.8 Å². The third-order valence-corrected chi connectivity index (χ3v) is 6.79. The summed E-state index contributed by atoms with van der Waals surface area (Å²) in [6.07, 6.45) is 6.17. The second kappa shape index (κ2) is 14.2. The number of aryl methyl sites for hydroxylation is 2. The number of pyridine rings is 1. The molecule has 0 aliphatic heterocycles. The summed E-state index contributed by atoms with van der Waals surface area (Å²) in [7, 11) is 3.75. The van der Waals surface area contributed by atoms with Gasteiger partial charge in [-0.15, -0.1) is 0 Å². The zero-order valence-corrected chi connectivity index (χ0v) is 25.0. The Morgan fingerprint density at radius 2 is 1.71 bits per heavy atom. The third kappa shape index (κ3) is 8.77. The summed E-state index contributed by atoms with van der Waals surface area (Å²) in [6, 6.07) is 6.46. The van der Waals surface area contributed by atoms with Crippen molar-refractivity contribution >= 4 is 11.6 Å².